The molecule has 0 radical (unpaired) electrons. The number of benzene rings is 2. The third kappa shape index (κ3) is 3.99. The Morgan fingerprint density at radius 1 is 1.08 bits per heavy atom. The van der Waals surface area contributed by atoms with E-state index in [1.54, 1.807) is 12.1 Å². The first kappa shape index (κ1) is 17.0. The third-order valence-corrected chi connectivity index (χ3v) is 4.82. The average Bonchev–Trinajstić information content (AvgIpc) is 3.14. The van der Waals surface area contributed by atoms with E-state index in [2.05, 4.69) is 6.07 Å². The number of urea groups is 1. The second kappa shape index (κ2) is 7.38. The predicted octanol–water partition coefficient (Wildman–Crippen LogP) is 4.13. The molecular weight excluding hydrogens is 316 g/mol. The van der Waals surface area contributed by atoms with Gasteiger partial charge in [0.1, 0.15) is 0 Å². The molecule has 2 aromatic rings. The van der Waals surface area contributed by atoms with Crippen molar-refractivity contribution < 1.29 is 14.7 Å². The standard InChI is InChI=1S/C20H22N2O3/c21-20(25)22(13-14-8-10-16(11-9-14)19(23)24)18-7-3-6-17(12-18)15-4-1-2-5-15/h3,6-12,15H,1-2,4-5,13H2,(H2,21,25)(H,23,24). The lowest BCUT2D eigenvalue weighted by Gasteiger charge is -2.22. The molecule has 0 saturated heterocycles. The van der Waals surface area contributed by atoms with Gasteiger partial charge in [-0.25, -0.2) is 9.59 Å². The summed E-state index contributed by atoms with van der Waals surface area (Å²) >= 11 is 0. The van der Waals surface area contributed by atoms with Crippen molar-refractivity contribution in [3.8, 4) is 0 Å². The number of nitrogens with zero attached hydrogens (tertiary/aromatic N) is 1. The van der Waals surface area contributed by atoms with Crippen molar-refractivity contribution >= 4 is 17.7 Å². The molecule has 1 fully saturated rings. The molecule has 0 aliphatic heterocycles. The van der Waals surface area contributed by atoms with Gasteiger partial charge in [0.15, 0.2) is 0 Å². The maximum atomic E-state index is 12.0. The van der Waals surface area contributed by atoms with E-state index in [0.29, 0.717) is 12.5 Å². The Kier molecular flexibility index (Phi) is 5.03. The first-order valence-electron chi connectivity index (χ1n) is 8.54. The molecule has 1 aliphatic rings. The van der Waals surface area contributed by atoms with Gasteiger partial charge < -0.3 is 10.8 Å². The van der Waals surface area contributed by atoms with Gasteiger partial charge >= 0.3 is 12.0 Å². The van der Waals surface area contributed by atoms with Gasteiger partial charge in [0, 0.05) is 5.69 Å². The lowest BCUT2D eigenvalue weighted by atomic mass is 9.97. The van der Waals surface area contributed by atoms with Crippen LogP contribution in [0.3, 0.4) is 0 Å². The Morgan fingerprint density at radius 3 is 2.36 bits per heavy atom. The van der Waals surface area contributed by atoms with Gasteiger partial charge in [-0.3, -0.25) is 4.90 Å². The lowest BCUT2D eigenvalue weighted by molar-refractivity contribution is 0.0697. The number of amides is 2. The molecule has 1 saturated carbocycles. The highest BCUT2D eigenvalue weighted by Crippen LogP contribution is 2.35. The Bertz CT molecular complexity index is 765. The second-order valence-electron chi connectivity index (χ2n) is 6.50. The molecule has 25 heavy (non-hydrogen) atoms. The minimum Gasteiger partial charge on any atom is -0.478 e. The highest BCUT2D eigenvalue weighted by molar-refractivity contribution is 5.91. The number of carboxylic acid groups (broad SMARTS) is 1. The minimum absolute atomic E-state index is 0.220. The molecule has 3 N–H and O–H groups in total. The Labute approximate surface area is 147 Å². The van der Waals surface area contributed by atoms with Crippen LogP contribution in [0, 0.1) is 0 Å². The summed E-state index contributed by atoms with van der Waals surface area (Å²) in [5.74, 6) is -0.410. The van der Waals surface area contributed by atoms with E-state index in [-0.39, 0.29) is 5.56 Å². The van der Waals surface area contributed by atoms with E-state index in [4.69, 9.17) is 10.8 Å². The van der Waals surface area contributed by atoms with Gasteiger partial charge in [0.05, 0.1) is 12.1 Å². The van der Waals surface area contributed by atoms with Crippen LogP contribution in [-0.4, -0.2) is 17.1 Å². The van der Waals surface area contributed by atoms with Crippen LogP contribution in [-0.2, 0) is 6.54 Å². The van der Waals surface area contributed by atoms with Crippen LogP contribution in [0.1, 0.15) is 53.1 Å². The monoisotopic (exact) mass is 338 g/mol. The maximum absolute atomic E-state index is 12.0. The van der Waals surface area contributed by atoms with Crippen LogP contribution in [0.2, 0.25) is 0 Å². The number of anilines is 1. The largest absolute Gasteiger partial charge is 0.478 e. The number of hydrogen-bond acceptors (Lipinski definition) is 2. The molecule has 2 aromatic carbocycles. The first-order chi connectivity index (χ1) is 12.0. The number of carbonyl (C=O) groups is 2. The van der Waals surface area contributed by atoms with E-state index < -0.39 is 12.0 Å². The summed E-state index contributed by atoms with van der Waals surface area (Å²) in [4.78, 5) is 24.4. The molecule has 3 rings (SSSR count). The van der Waals surface area contributed by atoms with Gasteiger partial charge in [0.2, 0.25) is 0 Å². The smallest absolute Gasteiger partial charge is 0.335 e. The number of carbonyl (C=O) groups excluding carboxylic acids is 1. The van der Waals surface area contributed by atoms with E-state index in [0.717, 1.165) is 11.3 Å². The van der Waals surface area contributed by atoms with Crippen LogP contribution < -0.4 is 10.6 Å². The molecule has 2 amide bonds. The molecular formula is C20H22N2O3. The van der Waals surface area contributed by atoms with Crippen molar-refractivity contribution in [3.05, 3.63) is 65.2 Å². The van der Waals surface area contributed by atoms with Crippen LogP contribution in [0.15, 0.2) is 48.5 Å². The van der Waals surface area contributed by atoms with Gasteiger partial charge in [-0.15, -0.1) is 0 Å². The highest BCUT2D eigenvalue weighted by atomic mass is 16.4. The summed E-state index contributed by atoms with van der Waals surface area (Å²) in [5.41, 5.74) is 8.67. The summed E-state index contributed by atoms with van der Waals surface area (Å²) in [6.07, 6.45) is 4.89. The molecule has 5 heteroatoms. The number of rotatable bonds is 5. The van der Waals surface area contributed by atoms with Crippen LogP contribution >= 0.6 is 0 Å². The van der Waals surface area contributed by atoms with Crippen molar-refractivity contribution in [2.45, 2.75) is 38.1 Å². The number of nitrogens with two attached hydrogens (primary N) is 1. The number of primary amides is 1. The topological polar surface area (TPSA) is 83.6 Å². The van der Waals surface area contributed by atoms with E-state index in [9.17, 15) is 9.59 Å². The molecule has 5 nitrogen and oxygen atoms in total. The van der Waals surface area contributed by atoms with Gasteiger partial charge in [-0.1, -0.05) is 37.1 Å². The van der Waals surface area contributed by atoms with Crippen molar-refractivity contribution in [2.75, 3.05) is 4.90 Å². The normalized spacial score (nSPS) is 14.4. The van der Waals surface area contributed by atoms with E-state index in [1.165, 1.54) is 48.3 Å². The molecule has 0 bridgehead atoms. The number of aromatic carboxylic acids is 1. The molecule has 0 spiro atoms. The summed E-state index contributed by atoms with van der Waals surface area (Å²) in [6.45, 7) is 0.309. The van der Waals surface area contributed by atoms with E-state index in [1.807, 2.05) is 18.2 Å². The quantitative estimate of drug-likeness (QED) is 0.860. The summed E-state index contributed by atoms with van der Waals surface area (Å²) in [7, 11) is 0. The molecule has 0 unspecified atom stereocenters. The number of hydrogen-bond donors (Lipinski definition) is 2. The zero-order chi connectivity index (χ0) is 17.8. The second-order valence-corrected chi connectivity index (χ2v) is 6.50. The highest BCUT2D eigenvalue weighted by Gasteiger charge is 2.19. The molecule has 130 valence electrons. The average molecular weight is 338 g/mol. The molecule has 0 aromatic heterocycles. The molecule has 1 aliphatic carbocycles. The SMILES string of the molecule is NC(=O)N(Cc1ccc(C(=O)O)cc1)c1cccc(C2CCCC2)c1. The lowest BCUT2D eigenvalue weighted by Crippen LogP contribution is -2.35. The zero-order valence-electron chi connectivity index (χ0n) is 14.0. The number of carboxylic acids is 1. The fraction of sp³-hybridized carbons (Fsp3) is 0.300. The van der Waals surface area contributed by atoms with E-state index >= 15 is 0 Å². The van der Waals surface area contributed by atoms with Crippen molar-refractivity contribution in [2.24, 2.45) is 5.73 Å². The van der Waals surface area contributed by atoms with Crippen molar-refractivity contribution in [1.82, 2.24) is 0 Å². The Morgan fingerprint density at radius 2 is 1.76 bits per heavy atom. The van der Waals surface area contributed by atoms with Crippen LogP contribution in [0.25, 0.3) is 0 Å². The Hall–Kier alpha value is -2.82. The zero-order valence-corrected chi connectivity index (χ0v) is 14.0. The fourth-order valence-electron chi connectivity index (χ4n) is 3.44. The predicted molar refractivity (Wildman–Crippen MR) is 96.8 cm³/mol. The summed E-state index contributed by atoms with van der Waals surface area (Å²) < 4.78 is 0. The summed E-state index contributed by atoms with van der Waals surface area (Å²) in [6, 6.07) is 14.0. The van der Waals surface area contributed by atoms with Crippen molar-refractivity contribution in [1.29, 1.82) is 0 Å². The van der Waals surface area contributed by atoms with Crippen LogP contribution in [0.5, 0.6) is 0 Å². The maximum Gasteiger partial charge on any atom is 0.335 e. The van der Waals surface area contributed by atoms with Gasteiger partial charge in [-0.2, -0.15) is 0 Å². The van der Waals surface area contributed by atoms with Crippen molar-refractivity contribution in [3.63, 3.8) is 0 Å². The Balaban J connectivity index is 1.82. The minimum atomic E-state index is -0.970. The molecule has 0 heterocycles. The first-order valence-corrected chi connectivity index (χ1v) is 8.54. The van der Waals surface area contributed by atoms with Gasteiger partial charge in [0.25, 0.3) is 0 Å². The summed E-state index contributed by atoms with van der Waals surface area (Å²) in [5, 5.41) is 8.97. The van der Waals surface area contributed by atoms with Gasteiger partial charge in [-0.05, 0) is 54.2 Å². The third-order valence-electron chi connectivity index (χ3n) is 4.82. The van der Waals surface area contributed by atoms with Crippen LogP contribution in [0.4, 0.5) is 10.5 Å². The molecule has 0 atom stereocenters. The fourth-order valence-corrected chi connectivity index (χ4v) is 3.44.